The molecule has 0 radical (unpaired) electrons. The Morgan fingerprint density at radius 2 is 2.36 bits per heavy atom. The second-order valence-corrected chi connectivity index (χ2v) is 2.77. The van der Waals surface area contributed by atoms with Crippen LogP contribution in [0.25, 0.3) is 11.1 Å². The van der Waals surface area contributed by atoms with E-state index in [0.717, 1.165) is 0 Å². The number of rotatable bonds is 2. The van der Waals surface area contributed by atoms with Crippen LogP contribution in [0.4, 0.5) is 0 Å². The average Bonchev–Trinajstić information content (AvgIpc) is 2.59. The lowest BCUT2D eigenvalue weighted by molar-refractivity contribution is 0.415. The smallest absolute Gasteiger partial charge is 0.262 e. The lowest BCUT2D eigenvalue weighted by atomic mass is 10.3. The number of nitrogens with zero attached hydrogens (tertiary/aromatic N) is 1. The van der Waals surface area contributed by atoms with Crippen molar-refractivity contribution in [1.29, 1.82) is 5.41 Å². The summed E-state index contributed by atoms with van der Waals surface area (Å²) in [5.41, 5.74) is 6.47. The highest BCUT2D eigenvalue weighted by Crippen LogP contribution is 2.20. The summed E-state index contributed by atoms with van der Waals surface area (Å²) >= 11 is 0. The van der Waals surface area contributed by atoms with Crippen molar-refractivity contribution < 1.29 is 9.15 Å². The Bertz CT molecular complexity index is 490. The molecule has 0 amide bonds. The molecule has 3 N–H and O–H groups in total. The van der Waals surface area contributed by atoms with E-state index in [1.54, 1.807) is 25.3 Å². The molecule has 0 unspecified atom stereocenters. The fourth-order valence-electron chi connectivity index (χ4n) is 1.15. The molecule has 1 aromatic carbocycles. The Morgan fingerprint density at radius 1 is 1.57 bits per heavy atom. The Balaban J connectivity index is 2.60. The molecule has 72 valence electrons. The molecule has 0 aliphatic carbocycles. The second kappa shape index (κ2) is 3.02. The summed E-state index contributed by atoms with van der Waals surface area (Å²) in [7, 11) is 1.58. The Hall–Kier alpha value is -2.04. The summed E-state index contributed by atoms with van der Waals surface area (Å²) in [5.74, 6) is 0.648. The van der Waals surface area contributed by atoms with Crippen LogP contribution in [0, 0.1) is 5.41 Å². The van der Waals surface area contributed by atoms with Gasteiger partial charge in [-0.2, -0.15) is 0 Å². The molecule has 0 aliphatic heterocycles. The van der Waals surface area contributed by atoms with Crippen molar-refractivity contribution in [3.63, 3.8) is 0 Å². The zero-order chi connectivity index (χ0) is 10.1. The van der Waals surface area contributed by atoms with Gasteiger partial charge in [0.2, 0.25) is 0 Å². The standard InChI is InChI=1S/C9H9N3O2/c1-13-5-2-3-7-6(4-5)12-9(14-7)8(10)11/h2-4H,1H3,(H3,10,11). The summed E-state index contributed by atoms with van der Waals surface area (Å²) in [6.07, 6.45) is 0. The van der Waals surface area contributed by atoms with Crippen LogP contribution in [0.15, 0.2) is 22.6 Å². The SMILES string of the molecule is COc1ccc2oc(C(=N)N)nc2c1. The molecule has 2 rings (SSSR count). The summed E-state index contributed by atoms with van der Waals surface area (Å²) in [5, 5.41) is 7.16. The van der Waals surface area contributed by atoms with E-state index >= 15 is 0 Å². The van der Waals surface area contributed by atoms with E-state index in [2.05, 4.69) is 4.98 Å². The molecule has 0 atom stereocenters. The van der Waals surface area contributed by atoms with Crippen molar-refractivity contribution in [2.24, 2.45) is 5.73 Å². The van der Waals surface area contributed by atoms with E-state index in [0.29, 0.717) is 16.8 Å². The first-order valence-corrected chi connectivity index (χ1v) is 3.99. The molecule has 1 heterocycles. The third-order valence-electron chi connectivity index (χ3n) is 1.83. The highest BCUT2D eigenvalue weighted by Gasteiger charge is 2.08. The van der Waals surface area contributed by atoms with Gasteiger partial charge < -0.3 is 14.9 Å². The van der Waals surface area contributed by atoms with Gasteiger partial charge in [-0.15, -0.1) is 0 Å². The van der Waals surface area contributed by atoms with Crippen LogP contribution in [0.5, 0.6) is 5.75 Å². The monoisotopic (exact) mass is 191 g/mol. The van der Waals surface area contributed by atoms with Crippen LogP contribution in [-0.2, 0) is 0 Å². The van der Waals surface area contributed by atoms with Crippen LogP contribution in [0.1, 0.15) is 5.89 Å². The van der Waals surface area contributed by atoms with Crippen molar-refractivity contribution in [3.8, 4) is 5.75 Å². The molecule has 0 fully saturated rings. The maximum atomic E-state index is 7.16. The molecular weight excluding hydrogens is 182 g/mol. The predicted molar refractivity (Wildman–Crippen MR) is 51.6 cm³/mol. The number of nitrogen functional groups attached to an aromatic ring is 1. The molecular formula is C9H9N3O2. The summed E-state index contributed by atoms with van der Waals surface area (Å²) in [4.78, 5) is 4.02. The number of nitrogens with one attached hydrogen (secondary N) is 1. The van der Waals surface area contributed by atoms with Crippen LogP contribution in [0.2, 0.25) is 0 Å². The lowest BCUT2D eigenvalue weighted by Crippen LogP contribution is -2.10. The van der Waals surface area contributed by atoms with Gasteiger partial charge >= 0.3 is 0 Å². The molecule has 2 aromatic rings. The van der Waals surface area contributed by atoms with E-state index in [9.17, 15) is 0 Å². The molecule has 0 bridgehead atoms. The number of oxazole rings is 1. The van der Waals surface area contributed by atoms with Gasteiger partial charge in [0.25, 0.3) is 5.89 Å². The lowest BCUT2D eigenvalue weighted by Gasteiger charge is -1.95. The minimum Gasteiger partial charge on any atom is -0.497 e. The predicted octanol–water partition coefficient (Wildman–Crippen LogP) is 1.12. The van der Waals surface area contributed by atoms with E-state index in [4.69, 9.17) is 20.3 Å². The number of fused-ring (bicyclic) bond motifs is 1. The van der Waals surface area contributed by atoms with Crippen LogP contribution in [0.3, 0.4) is 0 Å². The van der Waals surface area contributed by atoms with Crippen LogP contribution < -0.4 is 10.5 Å². The van der Waals surface area contributed by atoms with Crippen molar-refractivity contribution >= 4 is 16.9 Å². The Morgan fingerprint density at radius 3 is 3.00 bits per heavy atom. The normalized spacial score (nSPS) is 10.4. The third-order valence-corrected chi connectivity index (χ3v) is 1.83. The molecule has 5 nitrogen and oxygen atoms in total. The first-order valence-electron chi connectivity index (χ1n) is 3.99. The fraction of sp³-hybridized carbons (Fsp3) is 0.111. The summed E-state index contributed by atoms with van der Waals surface area (Å²) in [6, 6.07) is 5.22. The topological polar surface area (TPSA) is 85.1 Å². The first-order chi connectivity index (χ1) is 6.70. The number of aromatic nitrogens is 1. The van der Waals surface area contributed by atoms with Crippen molar-refractivity contribution in [3.05, 3.63) is 24.1 Å². The van der Waals surface area contributed by atoms with E-state index in [-0.39, 0.29) is 11.7 Å². The molecule has 1 aromatic heterocycles. The van der Waals surface area contributed by atoms with Gasteiger partial charge in [0.15, 0.2) is 11.4 Å². The van der Waals surface area contributed by atoms with Crippen LogP contribution in [-0.4, -0.2) is 17.9 Å². The van der Waals surface area contributed by atoms with Gasteiger partial charge in [0.1, 0.15) is 11.3 Å². The zero-order valence-electron chi connectivity index (χ0n) is 7.57. The maximum absolute atomic E-state index is 7.16. The highest BCUT2D eigenvalue weighted by atomic mass is 16.5. The Labute approximate surface area is 80.0 Å². The van der Waals surface area contributed by atoms with Crippen molar-refractivity contribution in [2.75, 3.05) is 7.11 Å². The fourth-order valence-corrected chi connectivity index (χ4v) is 1.15. The largest absolute Gasteiger partial charge is 0.497 e. The second-order valence-electron chi connectivity index (χ2n) is 2.77. The Kier molecular flexibility index (Phi) is 1.85. The molecule has 14 heavy (non-hydrogen) atoms. The first kappa shape index (κ1) is 8.55. The number of benzene rings is 1. The van der Waals surface area contributed by atoms with Gasteiger partial charge in [-0.3, -0.25) is 5.41 Å². The van der Waals surface area contributed by atoms with E-state index < -0.39 is 0 Å². The maximum Gasteiger partial charge on any atom is 0.262 e. The quantitative estimate of drug-likeness (QED) is 0.550. The molecule has 0 saturated carbocycles. The minimum absolute atomic E-state index is 0.133. The van der Waals surface area contributed by atoms with Crippen LogP contribution >= 0.6 is 0 Å². The van der Waals surface area contributed by atoms with Gasteiger partial charge in [-0.05, 0) is 12.1 Å². The number of hydrogen-bond donors (Lipinski definition) is 2. The van der Waals surface area contributed by atoms with Crippen molar-refractivity contribution in [2.45, 2.75) is 0 Å². The average molecular weight is 191 g/mol. The number of hydrogen-bond acceptors (Lipinski definition) is 4. The van der Waals surface area contributed by atoms with Crippen molar-refractivity contribution in [1.82, 2.24) is 4.98 Å². The van der Waals surface area contributed by atoms with Gasteiger partial charge in [0, 0.05) is 6.07 Å². The number of amidine groups is 1. The van der Waals surface area contributed by atoms with Gasteiger partial charge in [-0.1, -0.05) is 0 Å². The van der Waals surface area contributed by atoms with E-state index in [1.807, 2.05) is 0 Å². The third kappa shape index (κ3) is 1.28. The summed E-state index contributed by atoms with van der Waals surface area (Å²) in [6.45, 7) is 0. The minimum atomic E-state index is -0.180. The highest BCUT2D eigenvalue weighted by molar-refractivity contribution is 5.93. The summed E-state index contributed by atoms with van der Waals surface area (Å²) < 4.78 is 10.2. The molecule has 0 saturated heterocycles. The van der Waals surface area contributed by atoms with Gasteiger partial charge in [0.05, 0.1) is 7.11 Å². The number of ether oxygens (including phenoxy) is 1. The molecule has 0 aliphatic rings. The molecule has 0 spiro atoms. The number of methoxy groups -OCH3 is 1. The zero-order valence-corrected chi connectivity index (χ0v) is 7.57. The molecule has 5 heteroatoms. The van der Waals surface area contributed by atoms with E-state index in [1.165, 1.54) is 0 Å². The van der Waals surface area contributed by atoms with Gasteiger partial charge in [-0.25, -0.2) is 4.98 Å². The number of nitrogens with two attached hydrogens (primary N) is 1.